The molecular weight excluding hydrogens is 486 g/mol. The molecule has 2 N–H and O–H groups in total. The maximum Gasteiger partial charge on any atom is 0.243 e. The third kappa shape index (κ3) is 6.09. The molecule has 7 nitrogen and oxygen atoms in total. The molecule has 2 atom stereocenters. The van der Waals surface area contributed by atoms with Gasteiger partial charge in [0.05, 0.1) is 4.90 Å². The van der Waals surface area contributed by atoms with Gasteiger partial charge in [0.15, 0.2) is 0 Å². The molecule has 1 saturated heterocycles. The maximum atomic E-state index is 13.3. The minimum absolute atomic E-state index is 0.0530. The van der Waals surface area contributed by atoms with E-state index in [1.165, 1.54) is 22.5 Å². The van der Waals surface area contributed by atoms with Crippen LogP contribution >= 0.6 is 0 Å². The van der Waals surface area contributed by atoms with Crippen molar-refractivity contribution in [2.75, 3.05) is 18.4 Å². The second kappa shape index (κ2) is 11.3. The quantitative estimate of drug-likeness (QED) is 0.433. The number of fused-ring (bicyclic) bond motifs is 1. The molecule has 0 aromatic heterocycles. The van der Waals surface area contributed by atoms with Crippen molar-refractivity contribution in [1.29, 1.82) is 0 Å². The van der Waals surface area contributed by atoms with E-state index in [0.717, 1.165) is 16.3 Å². The van der Waals surface area contributed by atoms with E-state index in [2.05, 4.69) is 35.4 Å². The summed E-state index contributed by atoms with van der Waals surface area (Å²) in [7, 11) is -3.71. The number of carbonyl (C=O) groups is 2. The van der Waals surface area contributed by atoms with Crippen LogP contribution in [-0.2, 0) is 26.0 Å². The van der Waals surface area contributed by atoms with Crippen LogP contribution in [0.3, 0.4) is 0 Å². The number of piperidine rings is 1. The molecule has 2 unspecified atom stereocenters. The summed E-state index contributed by atoms with van der Waals surface area (Å²) >= 11 is 0. The third-order valence-corrected chi connectivity index (χ3v) is 8.83. The second-order valence-corrected chi connectivity index (χ2v) is 11.7. The molecule has 0 aliphatic carbocycles. The van der Waals surface area contributed by atoms with Gasteiger partial charge in [-0.2, -0.15) is 4.31 Å². The lowest BCUT2D eigenvalue weighted by molar-refractivity contribution is -0.118. The number of sulfonamides is 1. The minimum Gasteiger partial charge on any atom is -0.349 e. The number of nitrogens with zero attached hydrogens (tertiary/aromatic N) is 1. The number of aryl methyl sites for hydroxylation is 1. The lowest BCUT2D eigenvalue weighted by Crippen LogP contribution is -2.55. The van der Waals surface area contributed by atoms with Gasteiger partial charge in [0.25, 0.3) is 0 Å². The van der Waals surface area contributed by atoms with Crippen LogP contribution in [0.15, 0.2) is 84.3 Å². The molecule has 2 amide bonds. The molecule has 4 rings (SSSR count). The first-order valence-electron chi connectivity index (χ1n) is 12.5. The van der Waals surface area contributed by atoms with Gasteiger partial charge in [-0.25, -0.2) is 8.42 Å². The van der Waals surface area contributed by atoms with Gasteiger partial charge in [-0.1, -0.05) is 62.9 Å². The summed E-state index contributed by atoms with van der Waals surface area (Å²) in [6.45, 7) is 7.97. The standard InChI is InChI=1S/C29H33N3O4S/c1-4-27(33)31-29-20(2)18-32(19-21(29)3)37(35,36)25-15-13-24(14-16-25)30-28(34)17-12-23-10-7-9-22-8-5-6-11-26(22)23/h4-11,13-16,20-21,29H,1,12,17-19H2,2-3H3,(H,30,34)(H,31,33). The predicted octanol–water partition coefficient (Wildman–Crippen LogP) is 4.36. The van der Waals surface area contributed by atoms with Crippen molar-refractivity contribution < 1.29 is 18.0 Å². The van der Waals surface area contributed by atoms with Crippen molar-refractivity contribution in [1.82, 2.24) is 9.62 Å². The van der Waals surface area contributed by atoms with Crippen LogP contribution in [-0.4, -0.2) is 43.7 Å². The summed E-state index contributed by atoms with van der Waals surface area (Å²) in [5.74, 6) is -0.491. The molecule has 0 saturated carbocycles. The predicted molar refractivity (Wildman–Crippen MR) is 147 cm³/mol. The molecule has 1 aliphatic rings. The first-order chi connectivity index (χ1) is 17.7. The van der Waals surface area contributed by atoms with E-state index in [4.69, 9.17) is 0 Å². The molecular formula is C29H33N3O4S. The van der Waals surface area contributed by atoms with Crippen LogP contribution in [0.2, 0.25) is 0 Å². The molecule has 3 aromatic rings. The fourth-order valence-electron chi connectivity index (χ4n) is 5.05. The Balaban J connectivity index is 1.37. The van der Waals surface area contributed by atoms with Gasteiger partial charge in [0.1, 0.15) is 0 Å². The molecule has 0 bridgehead atoms. The van der Waals surface area contributed by atoms with Crippen molar-refractivity contribution >= 4 is 38.3 Å². The average molecular weight is 520 g/mol. The molecule has 37 heavy (non-hydrogen) atoms. The van der Waals surface area contributed by atoms with Crippen LogP contribution in [0, 0.1) is 11.8 Å². The Kier molecular flexibility index (Phi) is 8.10. The van der Waals surface area contributed by atoms with Crippen molar-refractivity contribution in [2.45, 2.75) is 37.6 Å². The van der Waals surface area contributed by atoms with Crippen LogP contribution < -0.4 is 10.6 Å². The lowest BCUT2D eigenvalue weighted by Gasteiger charge is -2.40. The molecule has 1 aliphatic heterocycles. The van der Waals surface area contributed by atoms with E-state index in [-0.39, 0.29) is 34.6 Å². The summed E-state index contributed by atoms with van der Waals surface area (Å²) in [6, 6.07) is 20.3. The number of hydrogen-bond acceptors (Lipinski definition) is 4. The van der Waals surface area contributed by atoms with E-state index in [0.29, 0.717) is 31.6 Å². The van der Waals surface area contributed by atoms with E-state index >= 15 is 0 Å². The van der Waals surface area contributed by atoms with Crippen LogP contribution in [0.25, 0.3) is 10.8 Å². The van der Waals surface area contributed by atoms with Crippen molar-refractivity contribution in [2.24, 2.45) is 11.8 Å². The minimum atomic E-state index is -3.71. The highest BCUT2D eigenvalue weighted by atomic mass is 32.2. The van der Waals surface area contributed by atoms with Crippen LogP contribution in [0.5, 0.6) is 0 Å². The van der Waals surface area contributed by atoms with Crippen molar-refractivity contribution in [3.8, 4) is 0 Å². The zero-order valence-electron chi connectivity index (χ0n) is 21.2. The summed E-state index contributed by atoms with van der Waals surface area (Å²) in [4.78, 5) is 24.5. The number of hydrogen-bond donors (Lipinski definition) is 2. The second-order valence-electron chi connectivity index (χ2n) is 9.73. The maximum absolute atomic E-state index is 13.3. The highest BCUT2D eigenvalue weighted by Gasteiger charge is 2.38. The first-order valence-corrected chi connectivity index (χ1v) is 13.9. The molecule has 1 heterocycles. The number of anilines is 1. The molecule has 194 valence electrons. The summed E-state index contributed by atoms with van der Waals surface area (Å²) in [6.07, 6.45) is 2.16. The number of rotatable bonds is 8. The van der Waals surface area contributed by atoms with Gasteiger partial charge >= 0.3 is 0 Å². The van der Waals surface area contributed by atoms with E-state index in [1.54, 1.807) is 12.1 Å². The fourth-order valence-corrected chi connectivity index (χ4v) is 6.69. The molecule has 0 radical (unpaired) electrons. The van der Waals surface area contributed by atoms with E-state index in [1.807, 2.05) is 38.1 Å². The molecule has 3 aromatic carbocycles. The van der Waals surface area contributed by atoms with E-state index < -0.39 is 10.0 Å². The van der Waals surface area contributed by atoms with E-state index in [9.17, 15) is 18.0 Å². The van der Waals surface area contributed by atoms with Gasteiger partial charge in [-0.3, -0.25) is 9.59 Å². The van der Waals surface area contributed by atoms with Crippen LogP contribution in [0.1, 0.15) is 25.8 Å². The Morgan fingerprint density at radius 3 is 2.30 bits per heavy atom. The topological polar surface area (TPSA) is 95.6 Å². The van der Waals surface area contributed by atoms with Gasteiger partial charge in [-0.15, -0.1) is 0 Å². The van der Waals surface area contributed by atoms with Crippen LogP contribution in [0.4, 0.5) is 5.69 Å². The lowest BCUT2D eigenvalue weighted by atomic mass is 9.87. The zero-order valence-corrected chi connectivity index (χ0v) is 22.0. The zero-order chi connectivity index (χ0) is 26.6. The highest BCUT2D eigenvalue weighted by Crippen LogP contribution is 2.28. The summed E-state index contributed by atoms with van der Waals surface area (Å²) in [5, 5.41) is 8.07. The first kappa shape index (κ1) is 26.6. The average Bonchev–Trinajstić information content (AvgIpc) is 2.89. The Labute approximate surface area is 218 Å². The molecule has 1 fully saturated rings. The normalized spacial score (nSPS) is 20.3. The summed E-state index contributed by atoms with van der Waals surface area (Å²) in [5.41, 5.74) is 1.67. The molecule has 0 spiro atoms. The summed E-state index contributed by atoms with van der Waals surface area (Å²) < 4.78 is 28.1. The highest BCUT2D eigenvalue weighted by molar-refractivity contribution is 7.89. The number of amides is 2. The van der Waals surface area contributed by atoms with Gasteiger partial charge in [-0.05, 0) is 64.9 Å². The fraction of sp³-hybridized carbons (Fsp3) is 0.310. The Morgan fingerprint density at radius 1 is 0.973 bits per heavy atom. The Morgan fingerprint density at radius 2 is 1.62 bits per heavy atom. The number of benzene rings is 3. The SMILES string of the molecule is C=CC(=O)NC1C(C)CN(S(=O)(=O)c2ccc(NC(=O)CCc3cccc4ccccc34)cc2)CC1C. The number of nitrogens with one attached hydrogen (secondary N) is 2. The number of carbonyl (C=O) groups excluding carboxylic acids is 2. The van der Waals surface area contributed by atoms with Gasteiger partial charge < -0.3 is 10.6 Å². The largest absolute Gasteiger partial charge is 0.349 e. The van der Waals surface area contributed by atoms with Gasteiger partial charge in [0.2, 0.25) is 21.8 Å². The van der Waals surface area contributed by atoms with Gasteiger partial charge in [0, 0.05) is 31.2 Å². The monoisotopic (exact) mass is 519 g/mol. The smallest absolute Gasteiger partial charge is 0.243 e. The Bertz CT molecular complexity index is 1380. The third-order valence-electron chi connectivity index (χ3n) is 6.98. The van der Waals surface area contributed by atoms with Crippen molar-refractivity contribution in [3.63, 3.8) is 0 Å². The molecule has 8 heteroatoms. The Hall–Kier alpha value is -3.49. The van der Waals surface area contributed by atoms with Crippen molar-refractivity contribution in [3.05, 3.63) is 84.9 Å².